The van der Waals surface area contributed by atoms with Crippen molar-refractivity contribution in [1.29, 1.82) is 0 Å². The van der Waals surface area contributed by atoms with Gasteiger partial charge in [-0.3, -0.25) is 0 Å². The van der Waals surface area contributed by atoms with Crippen molar-refractivity contribution in [3.63, 3.8) is 0 Å². The monoisotopic (exact) mass is 207 g/mol. The fraction of sp³-hybridized carbons (Fsp3) is 0.714. The average molecular weight is 207 g/mol. The van der Waals surface area contributed by atoms with Crippen LogP contribution in [0.3, 0.4) is 0 Å². The topological polar surface area (TPSA) is 12.0 Å². The van der Waals surface area contributed by atoms with Crippen LogP contribution in [0.2, 0.25) is 0 Å². The zero-order valence-corrected chi connectivity index (χ0v) is 10.6. The maximum absolute atomic E-state index is 3.54. The van der Waals surface area contributed by atoms with Crippen molar-refractivity contribution < 1.29 is 0 Å². The molecule has 1 rings (SSSR count). The summed E-state index contributed by atoms with van der Waals surface area (Å²) in [6, 6.07) is 0.544. The van der Waals surface area contributed by atoms with Crippen molar-refractivity contribution in [2.75, 3.05) is 6.54 Å². The summed E-state index contributed by atoms with van der Waals surface area (Å²) in [7, 11) is 0. The summed E-state index contributed by atoms with van der Waals surface area (Å²) in [4.78, 5) is 0. The van der Waals surface area contributed by atoms with Crippen LogP contribution in [-0.4, -0.2) is 12.6 Å². The van der Waals surface area contributed by atoms with Crippen molar-refractivity contribution >= 4 is 0 Å². The van der Waals surface area contributed by atoms with E-state index < -0.39 is 0 Å². The fourth-order valence-electron chi connectivity index (χ4n) is 2.04. The van der Waals surface area contributed by atoms with Gasteiger partial charge in [0.1, 0.15) is 0 Å². The second kappa shape index (κ2) is 6.12. The molecule has 0 spiro atoms. The van der Waals surface area contributed by atoms with Gasteiger partial charge in [0.05, 0.1) is 0 Å². The van der Waals surface area contributed by atoms with Gasteiger partial charge < -0.3 is 5.32 Å². The Labute approximate surface area is 94.6 Å². The summed E-state index contributed by atoms with van der Waals surface area (Å²) in [5, 5.41) is 3.54. The first-order valence-corrected chi connectivity index (χ1v) is 6.32. The standard InChI is InChI=1S/C14H25N/c1-5-7-14-10-13(11(3)6-2)8-9-15-12(14)4/h8,10-12,15H,5-7,9H2,1-4H3. The summed E-state index contributed by atoms with van der Waals surface area (Å²) < 4.78 is 0. The van der Waals surface area contributed by atoms with Crippen LogP contribution in [0.4, 0.5) is 0 Å². The number of hydrogen-bond donors (Lipinski definition) is 1. The van der Waals surface area contributed by atoms with E-state index in [1.54, 1.807) is 5.57 Å². The molecule has 0 amide bonds. The van der Waals surface area contributed by atoms with E-state index in [4.69, 9.17) is 0 Å². The highest BCUT2D eigenvalue weighted by Crippen LogP contribution is 2.22. The molecule has 0 aromatic heterocycles. The van der Waals surface area contributed by atoms with Crippen LogP contribution in [0.15, 0.2) is 23.3 Å². The molecule has 2 unspecified atom stereocenters. The van der Waals surface area contributed by atoms with E-state index >= 15 is 0 Å². The van der Waals surface area contributed by atoms with E-state index in [0.717, 1.165) is 6.54 Å². The first-order chi connectivity index (χ1) is 7.19. The average Bonchev–Trinajstić information content (AvgIpc) is 2.41. The second-order valence-electron chi connectivity index (χ2n) is 4.61. The van der Waals surface area contributed by atoms with E-state index in [9.17, 15) is 0 Å². The van der Waals surface area contributed by atoms with Gasteiger partial charge in [-0.05, 0) is 31.3 Å². The minimum absolute atomic E-state index is 0.544. The smallest absolute Gasteiger partial charge is 0.0257 e. The highest BCUT2D eigenvalue weighted by Gasteiger charge is 2.13. The molecule has 0 saturated heterocycles. The van der Waals surface area contributed by atoms with Crippen molar-refractivity contribution in [3.05, 3.63) is 23.3 Å². The molecule has 0 fully saturated rings. The maximum atomic E-state index is 3.54. The fourth-order valence-corrected chi connectivity index (χ4v) is 2.04. The Kier molecular flexibility index (Phi) is 5.10. The summed E-state index contributed by atoms with van der Waals surface area (Å²) in [6.45, 7) is 10.1. The second-order valence-corrected chi connectivity index (χ2v) is 4.61. The lowest BCUT2D eigenvalue weighted by molar-refractivity contribution is 0.630. The Morgan fingerprint density at radius 3 is 2.80 bits per heavy atom. The largest absolute Gasteiger partial charge is 0.307 e. The van der Waals surface area contributed by atoms with Crippen LogP contribution in [-0.2, 0) is 0 Å². The summed E-state index contributed by atoms with van der Waals surface area (Å²) in [6.07, 6.45) is 8.49. The van der Waals surface area contributed by atoms with E-state index in [2.05, 4.69) is 45.2 Å². The molecule has 15 heavy (non-hydrogen) atoms. The minimum atomic E-state index is 0.544. The molecule has 2 atom stereocenters. The molecule has 1 nitrogen and oxygen atoms in total. The summed E-state index contributed by atoms with van der Waals surface area (Å²) >= 11 is 0. The van der Waals surface area contributed by atoms with Gasteiger partial charge in [-0.25, -0.2) is 0 Å². The molecule has 0 radical (unpaired) electrons. The van der Waals surface area contributed by atoms with Crippen LogP contribution in [0.25, 0.3) is 0 Å². The van der Waals surface area contributed by atoms with Crippen molar-refractivity contribution in [3.8, 4) is 0 Å². The molecule has 86 valence electrons. The molecular weight excluding hydrogens is 182 g/mol. The van der Waals surface area contributed by atoms with Gasteiger partial charge >= 0.3 is 0 Å². The first kappa shape index (κ1) is 12.5. The van der Waals surface area contributed by atoms with Gasteiger partial charge in [0, 0.05) is 12.6 Å². The number of nitrogens with one attached hydrogen (secondary N) is 1. The molecule has 0 bridgehead atoms. The van der Waals surface area contributed by atoms with Gasteiger partial charge in [-0.15, -0.1) is 0 Å². The van der Waals surface area contributed by atoms with Crippen LogP contribution in [0.5, 0.6) is 0 Å². The normalized spacial score (nSPS) is 24.1. The number of rotatable bonds is 4. The molecule has 0 aromatic carbocycles. The number of hydrogen-bond acceptors (Lipinski definition) is 1. The highest BCUT2D eigenvalue weighted by molar-refractivity contribution is 5.30. The van der Waals surface area contributed by atoms with E-state index in [0.29, 0.717) is 12.0 Å². The van der Waals surface area contributed by atoms with Crippen LogP contribution >= 0.6 is 0 Å². The predicted octanol–water partition coefficient (Wildman–Crippen LogP) is 3.68. The molecule has 1 aliphatic rings. The third-order valence-electron chi connectivity index (χ3n) is 3.39. The van der Waals surface area contributed by atoms with E-state index in [1.807, 2.05) is 0 Å². The highest BCUT2D eigenvalue weighted by atomic mass is 14.9. The lowest BCUT2D eigenvalue weighted by atomic mass is 9.94. The quantitative estimate of drug-likeness (QED) is 0.741. The molecule has 0 aliphatic carbocycles. The zero-order valence-electron chi connectivity index (χ0n) is 10.6. The lowest BCUT2D eigenvalue weighted by Gasteiger charge is -2.15. The summed E-state index contributed by atoms with van der Waals surface area (Å²) in [5.74, 6) is 0.698. The Morgan fingerprint density at radius 1 is 1.47 bits per heavy atom. The summed E-state index contributed by atoms with van der Waals surface area (Å²) in [5.41, 5.74) is 3.10. The molecule has 0 saturated carbocycles. The first-order valence-electron chi connectivity index (χ1n) is 6.32. The SMILES string of the molecule is CCCC1=CC(C(C)CC)=CCNC1C. The number of allylic oxidation sites excluding steroid dienone is 2. The molecule has 1 heteroatoms. The van der Waals surface area contributed by atoms with Gasteiger partial charge in [-0.1, -0.05) is 44.9 Å². The van der Waals surface area contributed by atoms with Crippen LogP contribution in [0.1, 0.15) is 47.0 Å². The lowest BCUT2D eigenvalue weighted by Crippen LogP contribution is -2.26. The minimum Gasteiger partial charge on any atom is -0.307 e. The molecule has 1 aliphatic heterocycles. The van der Waals surface area contributed by atoms with Gasteiger partial charge in [0.15, 0.2) is 0 Å². The van der Waals surface area contributed by atoms with Crippen molar-refractivity contribution in [2.24, 2.45) is 5.92 Å². The Morgan fingerprint density at radius 2 is 2.20 bits per heavy atom. The zero-order chi connectivity index (χ0) is 11.3. The third-order valence-corrected chi connectivity index (χ3v) is 3.39. The van der Waals surface area contributed by atoms with Gasteiger partial charge in [0.2, 0.25) is 0 Å². The molecular formula is C14H25N. The Hall–Kier alpha value is -0.560. The molecule has 0 aromatic rings. The Bertz CT molecular complexity index is 250. The molecule has 1 heterocycles. The van der Waals surface area contributed by atoms with Crippen LogP contribution in [0, 0.1) is 5.92 Å². The van der Waals surface area contributed by atoms with Gasteiger partial charge in [0.25, 0.3) is 0 Å². The van der Waals surface area contributed by atoms with Crippen LogP contribution < -0.4 is 5.32 Å². The maximum Gasteiger partial charge on any atom is 0.0257 e. The molecule has 1 N–H and O–H groups in total. The van der Waals surface area contributed by atoms with E-state index in [1.165, 1.54) is 24.8 Å². The van der Waals surface area contributed by atoms with Crippen molar-refractivity contribution in [1.82, 2.24) is 5.32 Å². The van der Waals surface area contributed by atoms with Gasteiger partial charge in [-0.2, -0.15) is 0 Å². The Balaban J connectivity index is 2.81. The predicted molar refractivity (Wildman–Crippen MR) is 68.0 cm³/mol. The van der Waals surface area contributed by atoms with E-state index in [-0.39, 0.29) is 0 Å². The third kappa shape index (κ3) is 3.49. The van der Waals surface area contributed by atoms with Crippen molar-refractivity contribution in [2.45, 2.75) is 53.0 Å².